The minimum atomic E-state index is 0.205. The Hall–Kier alpha value is -2.64. The van der Waals surface area contributed by atoms with Gasteiger partial charge in [-0.1, -0.05) is 35.0 Å². The number of aryl methyl sites for hydroxylation is 1. The number of likely N-dealkylation sites (tertiary alicyclic amines) is 1. The molecule has 7 heteroatoms. The second-order valence-electron chi connectivity index (χ2n) is 10.2. The van der Waals surface area contributed by atoms with Gasteiger partial charge in [0.25, 0.3) is 0 Å². The number of rotatable bonds is 7. The van der Waals surface area contributed by atoms with E-state index in [1.54, 1.807) is 12.4 Å². The predicted molar refractivity (Wildman–Crippen MR) is 125 cm³/mol. The first-order valence-corrected chi connectivity index (χ1v) is 12.3. The molecule has 0 N–H and O–H groups in total. The smallest absolute Gasteiger partial charge is 0.113 e. The van der Waals surface area contributed by atoms with Crippen molar-refractivity contribution in [2.45, 2.75) is 51.3 Å². The lowest BCUT2D eigenvalue weighted by atomic mass is 9.77. The summed E-state index contributed by atoms with van der Waals surface area (Å²) in [5.41, 5.74) is 4.36. The minimum absolute atomic E-state index is 0.205. The number of hydrogen-bond donors (Lipinski definition) is 0. The molecule has 33 heavy (non-hydrogen) atoms. The summed E-state index contributed by atoms with van der Waals surface area (Å²) in [6.45, 7) is 6.09. The first kappa shape index (κ1) is 20.9. The predicted octanol–water partition coefficient (Wildman–Crippen LogP) is 3.92. The molecule has 6 rings (SSSR count). The van der Waals surface area contributed by atoms with Gasteiger partial charge in [-0.15, -0.1) is 5.10 Å². The van der Waals surface area contributed by atoms with Gasteiger partial charge in [-0.2, -0.15) is 0 Å². The number of benzene rings is 1. The standard InChI is InChI=1S/C26H32N6O/c1-18-2-6-20(7-3-18)24-16-32(30-29-24)25-10-21-13-31(15-23-12-27-8-9-28-23)14-22(21)11-26(25)33-17-19-4-5-19/h2-3,6-9,12,16,19,21-22,25-26H,4-5,10-11,13-15,17H2,1H3/t21-,22+,25-,26-/m1/s1. The maximum Gasteiger partial charge on any atom is 0.113 e. The first-order chi connectivity index (χ1) is 16.2. The Kier molecular flexibility index (Phi) is 5.68. The normalized spacial score (nSPS) is 27.5. The van der Waals surface area contributed by atoms with Crippen molar-refractivity contribution in [3.63, 3.8) is 0 Å². The van der Waals surface area contributed by atoms with Crippen molar-refractivity contribution in [3.8, 4) is 11.3 Å². The lowest BCUT2D eigenvalue weighted by molar-refractivity contribution is -0.0375. The highest BCUT2D eigenvalue weighted by Gasteiger charge is 2.44. The number of hydrogen-bond acceptors (Lipinski definition) is 6. The first-order valence-electron chi connectivity index (χ1n) is 12.3. The van der Waals surface area contributed by atoms with E-state index in [1.165, 1.54) is 18.4 Å². The van der Waals surface area contributed by atoms with Gasteiger partial charge in [-0.05, 0) is 50.4 Å². The summed E-state index contributed by atoms with van der Waals surface area (Å²) >= 11 is 0. The maximum atomic E-state index is 6.54. The summed E-state index contributed by atoms with van der Waals surface area (Å²) in [4.78, 5) is 11.3. The van der Waals surface area contributed by atoms with Gasteiger partial charge in [-0.3, -0.25) is 14.9 Å². The fourth-order valence-electron chi connectivity index (χ4n) is 5.55. The Balaban J connectivity index is 1.19. The third-order valence-electron chi connectivity index (χ3n) is 7.60. The average Bonchev–Trinajstić information content (AvgIpc) is 3.38. The van der Waals surface area contributed by atoms with E-state index in [0.717, 1.165) is 62.0 Å². The van der Waals surface area contributed by atoms with Crippen LogP contribution in [0.4, 0.5) is 0 Å². The topological polar surface area (TPSA) is 69.0 Å². The summed E-state index contributed by atoms with van der Waals surface area (Å²) in [6, 6.07) is 8.76. The van der Waals surface area contributed by atoms with Crippen LogP contribution in [-0.2, 0) is 11.3 Å². The van der Waals surface area contributed by atoms with Crippen LogP contribution in [0.25, 0.3) is 11.3 Å². The molecule has 3 aliphatic rings. The van der Waals surface area contributed by atoms with Crippen LogP contribution >= 0.6 is 0 Å². The van der Waals surface area contributed by atoms with Crippen molar-refractivity contribution in [2.75, 3.05) is 19.7 Å². The Morgan fingerprint density at radius 2 is 1.85 bits per heavy atom. The fraction of sp³-hybridized carbons (Fsp3) is 0.538. The molecule has 3 aromatic rings. The Labute approximate surface area is 195 Å². The molecule has 1 saturated heterocycles. The largest absolute Gasteiger partial charge is 0.376 e. The maximum absolute atomic E-state index is 6.54. The molecular weight excluding hydrogens is 412 g/mol. The van der Waals surface area contributed by atoms with Gasteiger partial charge in [0, 0.05) is 50.4 Å². The molecule has 2 aliphatic carbocycles. The quantitative estimate of drug-likeness (QED) is 0.550. The summed E-state index contributed by atoms with van der Waals surface area (Å²) in [5.74, 6) is 2.08. The molecule has 1 aliphatic heterocycles. The minimum Gasteiger partial charge on any atom is -0.376 e. The molecule has 3 heterocycles. The van der Waals surface area contributed by atoms with E-state index in [9.17, 15) is 0 Å². The molecule has 3 fully saturated rings. The highest BCUT2D eigenvalue weighted by atomic mass is 16.5. The lowest BCUT2D eigenvalue weighted by Gasteiger charge is -2.37. The summed E-state index contributed by atoms with van der Waals surface area (Å²) in [6.07, 6.45) is 12.5. The van der Waals surface area contributed by atoms with E-state index >= 15 is 0 Å². The summed E-state index contributed by atoms with van der Waals surface area (Å²) in [7, 11) is 0. The van der Waals surface area contributed by atoms with Crippen LogP contribution in [0.3, 0.4) is 0 Å². The Morgan fingerprint density at radius 3 is 2.61 bits per heavy atom. The zero-order chi connectivity index (χ0) is 22.2. The van der Waals surface area contributed by atoms with Crippen molar-refractivity contribution in [3.05, 3.63) is 60.3 Å². The SMILES string of the molecule is Cc1ccc(-c2cn([C@@H]3C[C@@H]4CN(Cc5cnccn5)C[C@@H]4C[C@H]3OCC3CC3)nn2)cc1. The van der Waals surface area contributed by atoms with Gasteiger partial charge in [0.05, 0.1) is 24.0 Å². The lowest BCUT2D eigenvalue weighted by Crippen LogP contribution is -2.38. The van der Waals surface area contributed by atoms with E-state index in [0.29, 0.717) is 11.8 Å². The van der Waals surface area contributed by atoms with Gasteiger partial charge < -0.3 is 4.74 Å². The van der Waals surface area contributed by atoms with Crippen molar-refractivity contribution in [1.29, 1.82) is 0 Å². The molecule has 0 bridgehead atoms. The van der Waals surface area contributed by atoms with Crippen LogP contribution in [0.15, 0.2) is 49.1 Å². The Morgan fingerprint density at radius 1 is 1.03 bits per heavy atom. The number of nitrogens with zero attached hydrogens (tertiary/aromatic N) is 6. The molecule has 4 atom stereocenters. The van der Waals surface area contributed by atoms with E-state index in [1.807, 2.05) is 6.20 Å². The Bertz CT molecular complexity index is 1060. The van der Waals surface area contributed by atoms with Gasteiger partial charge in [0.15, 0.2) is 0 Å². The second kappa shape index (κ2) is 8.95. The van der Waals surface area contributed by atoms with E-state index in [-0.39, 0.29) is 12.1 Å². The molecule has 2 aromatic heterocycles. The molecular formula is C26H32N6O. The molecule has 1 aromatic carbocycles. The van der Waals surface area contributed by atoms with Crippen LogP contribution < -0.4 is 0 Å². The van der Waals surface area contributed by atoms with Crippen molar-refractivity contribution in [1.82, 2.24) is 29.9 Å². The third-order valence-corrected chi connectivity index (χ3v) is 7.60. The molecule has 0 radical (unpaired) electrons. The molecule has 2 saturated carbocycles. The van der Waals surface area contributed by atoms with Crippen LogP contribution in [0.5, 0.6) is 0 Å². The third kappa shape index (κ3) is 4.70. The zero-order valence-corrected chi connectivity index (χ0v) is 19.3. The number of fused-ring (bicyclic) bond motifs is 1. The molecule has 172 valence electrons. The van der Waals surface area contributed by atoms with Crippen LogP contribution in [-0.4, -0.2) is 55.7 Å². The van der Waals surface area contributed by atoms with Crippen LogP contribution in [0, 0.1) is 24.7 Å². The van der Waals surface area contributed by atoms with Crippen LogP contribution in [0.1, 0.15) is 43.0 Å². The number of ether oxygens (including phenoxy) is 1. The van der Waals surface area contributed by atoms with E-state index in [4.69, 9.17) is 4.74 Å². The molecule has 0 amide bonds. The zero-order valence-electron chi connectivity index (χ0n) is 19.3. The number of aromatic nitrogens is 5. The highest BCUT2D eigenvalue weighted by molar-refractivity contribution is 5.57. The van der Waals surface area contributed by atoms with Crippen molar-refractivity contribution < 1.29 is 4.74 Å². The average molecular weight is 445 g/mol. The van der Waals surface area contributed by atoms with E-state index in [2.05, 4.69) is 67.2 Å². The van der Waals surface area contributed by atoms with Gasteiger partial charge >= 0.3 is 0 Å². The van der Waals surface area contributed by atoms with E-state index < -0.39 is 0 Å². The summed E-state index contributed by atoms with van der Waals surface area (Å²) < 4.78 is 8.63. The van der Waals surface area contributed by atoms with Gasteiger partial charge in [-0.25, -0.2) is 4.68 Å². The molecule has 7 nitrogen and oxygen atoms in total. The highest BCUT2D eigenvalue weighted by Crippen LogP contribution is 2.43. The van der Waals surface area contributed by atoms with Crippen molar-refractivity contribution >= 4 is 0 Å². The fourth-order valence-corrected chi connectivity index (χ4v) is 5.55. The second-order valence-corrected chi connectivity index (χ2v) is 10.2. The summed E-state index contributed by atoms with van der Waals surface area (Å²) in [5, 5.41) is 9.11. The van der Waals surface area contributed by atoms with Gasteiger partial charge in [0.2, 0.25) is 0 Å². The molecule has 0 spiro atoms. The van der Waals surface area contributed by atoms with Crippen LogP contribution in [0.2, 0.25) is 0 Å². The molecule has 0 unspecified atom stereocenters. The van der Waals surface area contributed by atoms with Gasteiger partial charge in [0.1, 0.15) is 5.69 Å². The van der Waals surface area contributed by atoms with Crippen molar-refractivity contribution in [2.24, 2.45) is 17.8 Å². The monoisotopic (exact) mass is 444 g/mol.